The lowest BCUT2D eigenvalue weighted by atomic mass is 10.1. The van der Waals surface area contributed by atoms with Crippen molar-refractivity contribution >= 4 is 17.7 Å². The van der Waals surface area contributed by atoms with Crippen molar-refractivity contribution in [1.82, 2.24) is 15.5 Å². The van der Waals surface area contributed by atoms with Crippen LogP contribution in [0.1, 0.15) is 37.8 Å². The van der Waals surface area contributed by atoms with E-state index in [0.29, 0.717) is 11.3 Å². The molecular weight excluding hydrogens is 316 g/mol. The highest BCUT2D eigenvalue weighted by molar-refractivity contribution is 8.00. The van der Waals surface area contributed by atoms with Crippen molar-refractivity contribution in [3.8, 4) is 0 Å². The van der Waals surface area contributed by atoms with E-state index in [0.717, 1.165) is 25.6 Å². The Bertz CT molecular complexity index is 519. The van der Waals surface area contributed by atoms with Gasteiger partial charge in [-0.1, -0.05) is 24.3 Å². The van der Waals surface area contributed by atoms with E-state index < -0.39 is 0 Å². The SMILES string of the molecule is CCNC(=NCc1ccc(CN(C)C)cc1)NCC1(C)CCCS1. The zero-order valence-corrected chi connectivity index (χ0v) is 16.4. The normalized spacial score (nSPS) is 21.3. The van der Waals surface area contributed by atoms with Crippen molar-refractivity contribution in [1.29, 1.82) is 0 Å². The van der Waals surface area contributed by atoms with Crippen LogP contribution in [0.25, 0.3) is 0 Å². The Morgan fingerprint density at radius 2 is 1.92 bits per heavy atom. The molecule has 0 saturated carbocycles. The molecule has 1 heterocycles. The molecule has 1 aromatic rings. The minimum atomic E-state index is 0.351. The topological polar surface area (TPSA) is 39.7 Å². The molecule has 4 nitrogen and oxygen atoms in total. The van der Waals surface area contributed by atoms with E-state index in [1.54, 1.807) is 0 Å². The molecule has 1 fully saturated rings. The van der Waals surface area contributed by atoms with Crippen molar-refractivity contribution in [2.24, 2.45) is 4.99 Å². The van der Waals surface area contributed by atoms with Gasteiger partial charge in [-0.15, -0.1) is 0 Å². The first kappa shape index (κ1) is 19.1. The summed E-state index contributed by atoms with van der Waals surface area (Å²) in [6.07, 6.45) is 2.62. The van der Waals surface area contributed by atoms with Crippen LogP contribution in [0.4, 0.5) is 0 Å². The van der Waals surface area contributed by atoms with Crippen LogP contribution in [0.3, 0.4) is 0 Å². The van der Waals surface area contributed by atoms with Crippen LogP contribution in [0, 0.1) is 0 Å². The predicted octanol–water partition coefficient (Wildman–Crippen LogP) is 3.09. The Morgan fingerprint density at radius 1 is 1.21 bits per heavy atom. The van der Waals surface area contributed by atoms with Gasteiger partial charge in [0.05, 0.1) is 6.54 Å². The average molecular weight is 349 g/mol. The first-order chi connectivity index (χ1) is 11.5. The van der Waals surface area contributed by atoms with Gasteiger partial charge in [-0.25, -0.2) is 4.99 Å². The van der Waals surface area contributed by atoms with Gasteiger partial charge in [0.25, 0.3) is 0 Å². The van der Waals surface area contributed by atoms with Crippen LogP contribution in [0.5, 0.6) is 0 Å². The molecule has 0 spiro atoms. The number of aliphatic imine (C=N–C) groups is 1. The number of benzene rings is 1. The second-order valence-electron chi connectivity index (χ2n) is 7.00. The van der Waals surface area contributed by atoms with Gasteiger partial charge in [0.1, 0.15) is 0 Å². The number of nitrogens with one attached hydrogen (secondary N) is 2. The largest absolute Gasteiger partial charge is 0.357 e. The Kier molecular flexibility index (Phi) is 7.43. The average Bonchev–Trinajstić information content (AvgIpc) is 2.98. The van der Waals surface area contributed by atoms with Crippen LogP contribution in [-0.2, 0) is 13.1 Å². The maximum Gasteiger partial charge on any atom is 0.191 e. The summed E-state index contributed by atoms with van der Waals surface area (Å²) in [6, 6.07) is 8.75. The monoisotopic (exact) mass is 348 g/mol. The Morgan fingerprint density at radius 3 is 2.50 bits per heavy atom. The third kappa shape index (κ3) is 6.36. The van der Waals surface area contributed by atoms with E-state index in [1.165, 1.54) is 29.7 Å². The fraction of sp³-hybridized carbons (Fsp3) is 0.632. The summed E-state index contributed by atoms with van der Waals surface area (Å²) in [6.45, 7) is 8.01. The fourth-order valence-corrected chi connectivity index (χ4v) is 4.12. The van der Waals surface area contributed by atoms with Gasteiger partial charge in [-0.3, -0.25) is 0 Å². The molecule has 2 N–H and O–H groups in total. The van der Waals surface area contributed by atoms with Gasteiger partial charge in [0.2, 0.25) is 0 Å². The quantitative estimate of drug-likeness (QED) is 0.587. The van der Waals surface area contributed by atoms with Crippen LogP contribution in [-0.4, -0.2) is 48.5 Å². The van der Waals surface area contributed by atoms with Crippen LogP contribution in [0.15, 0.2) is 29.3 Å². The van der Waals surface area contributed by atoms with E-state index in [4.69, 9.17) is 4.99 Å². The second kappa shape index (κ2) is 9.33. The standard InChI is InChI=1S/C19H32N4S/c1-5-20-18(22-15-19(2)11-6-12-24-19)21-13-16-7-9-17(10-8-16)14-23(3)4/h7-10H,5-6,11-15H2,1-4H3,(H2,20,21,22). The summed E-state index contributed by atoms with van der Waals surface area (Å²) in [5, 5.41) is 6.88. The minimum absolute atomic E-state index is 0.351. The molecule has 1 unspecified atom stereocenters. The number of thioether (sulfide) groups is 1. The highest BCUT2D eigenvalue weighted by Gasteiger charge is 2.29. The zero-order valence-electron chi connectivity index (χ0n) is 15.6. The van der Waals surface area contributed by atoms with Crippen molar-refractivity contribution in [2.75, 3.05) is 32.9 Å². The van der Waals surface area contributed by atoms with E-state index >= 15 is 0 Å². The highest BCUT2D eigenvalue weighted by atomic mass is 32.2. The molecule has 1 aliphatic rings. The summed E-state index contributed by atoms with van der Waals surface area (Å²) in [4.78, 5) is 6.92. The lowest BCUT2D eigenvalue weighted by Crippen LogP contribution is -2.43. The number of hydrogen-bond donors (Lipinski definition) is 2. The summed E-state index contributed by atoms with van der Waals surface area (Å²) in [5.74, 6) is 2.20. The molecule has 0 aromatic heterocycles. The van der Waals surface area contributed by atoms with E-state index in [-0.39, 0.29) is 0 Å². The minimum Gasteiger partial charge on any atom is -0.357 e. The third-order valence-corrected chi connectivity index (χ3v) is 5.75. The lowest BCUT2D eigenvalue weighted by molar-refractivity contribution is 0.402. The van der Waals surface area contributed by atoms with Gasteiger partial charge in [-0.2, -0.15) is 11.8 Å². The predicted molar refractivity (Wildman–Crippen MR) is 107 cm³/mol. The summed E-state index contributed by atoms with van der Waals surface area (Å²) in [5.41, 5.74) is 2.58. The lowest BCUT2D eigenvalue weighted by Gasteiger charge is -2.24. The maximum atomic E-state index is 4.74. The molecule has 24 heavy (non-hydrogen) atoms. The summed E-state index contributed by atoms with van der Waals surface area (Å²) >= 11 is 2.08. The van der Waals surface area contributed by atoms with E-state index in [2.05, 4.69) is 79.5 Å². The Hall–Kier alpha value is -1.20. The van der Waals surface area contributed by atoms with Crippen LogP contribution < -0.4 is 10.6 Å². The molecule has 1 aromatic carbocycles. The molecule has 2 rings (SSSR count). The molecule has 5 heteroatoms. The molecule has 1 aliphatic heterocycles. The number of rotatable bonds is 7. The van der Waals surface area contributed by atoms with Crippen molar-refractivity contribution < 1.29 is 0 Å². The number of nitrogens with zero attached hydrogens (tertiary/aromatic N) is 2. The van der Waals surface area contributed by atoms with Gasteiger partial charge in [0, 0.05) is 24.4 Å². The highest BCUT2D eigenvalue weighted by Crippen LogP contribution is 2.36. The first-order valence-electron chi connectivity index (χ1n) is 8.89. The molecule has 0 aliphatic carbocycles. The van der Waals surface area contributed by atoms with Crippen LogP contribution in [0.2, 0.25) is 0 Å². The Labute approximate surface area is 151 Å². The molecule has 1 atom stereocenters. The van der Waals surface area contributed by atoms with Crippen molar-refractivity contribution in [2.45, 2.75) is 44.5 Å². The summed E-state index contributed by atoms with van der Waals surface area (Å²) < 4.78 is 0.351. The van der Waals surface area contributed by atoms with Gasteiger partial charge < -0.3 is 15.5 Å². The second-order valence-corrected chi connectivity index (χ2v) is 8.69. The molecule has 1 saturated heterocycles. The third-order valence-electron chi connectivity index (χ3n) is 4.22. The van der Waals surface area contributed by atoms with Gasteiger partial charge >= 0.3 is 0 Å². The van der Waals surface area contributed by atoms with Gasteiger partial charge in [0.15, 0.2) is 5.96 Å². The van der Waals surface area contributed by atoms with Crippen molar-refractivity contribution in [3.63, 3.8) is 0 Å². The van der Waals surface area contributed by atoms with Crippen molar-refractivity contribution in [3.05, 3.63) is 35.4 Å². The van der Waals surface area contributed by atoms with E-state index in [9.17, 15) is 0 Å². The smallest absolute Gasteiger partial charge is 0.191 e. The molecular formula is C19H32N4S. The maximum absolute atomic E-state index is 4.74. The molecule has 0 bridgehead atoms. The number of guanidine groups is 1. The molecule has 0 amide bonds. The number of hydrogen-bond acceptors (Lipinski definition) is 3. The zero-order chi connectivity index (χ0) is 17.4. The van der Waals surface area contributed by atoms with E-state index in [1.807, 2.05) is 0 Å². The first-order valence-corrected chi connectivity index (χ1v) is 9.88. The Balaban J connectivity index is 1.89. The fourth-order valence-electron chi connectivity index (χ4n) is 2.87. The molecule has 134 valence electrons. The van der Waals surface area contributed by atoms with Crippen LogP contribution >= 0.6 is 11.8 Å². The summed E-state index contributed by atoms with van der Waals surface area (Å²) in [7, 11) is 4.19. The molecule has 0 radical (unpaired) electrons. The van der Waals surface area contributed by atoms with Gasteiger partial charge in [-0.05, 0) is 57.7 Å².